The summed E-state index contributed by atoms with van der Waals surface area (Å²) in [4.78, 5) is 21.0. The van der Waals surface area contributed by atoms with Gasteiger partial charge < -0.3 is 9.64 Å². The van der Waals surface area contributed by atoms with Gasteiger partial charge in [0.25, 0.3) is 0 Å². The molecule has 2 N–H and O–H groups in total. The van der Waals surface area contributed by atoms with E-state index in [0.717, 1.165) is 24.4 Å². The molecule has 0 atom stereocenters. The minimum atomic E-state index is -4.69. The zero-order chi connectivity index (χ0) is 30.1. The molecule has 2 saturated heterocycles. The van der Waals surface area contributed by atoms with E-state index in [1.807, 2.05) is 0 Å². The van der Waals surface area contributed by atoms with Crippen molar-refractivity contribution >= 4 is 21.9 Å². The molecule has 1 aromatic heterocycles. The van der Waals surface area contributed by atoms with Gasteiger partial charge in [-0.2, -0.15) is 26.3 Å². The number of benzene rings is 1. The molecule has 2 fully saturated rings. The lowest BCUT2D eigenvalue weighted by atomic mass is 9.92. The third-order valence-corrected chi connectivity index (χ3v) is 9.96. The van der Waals surface area contributed by atoms with E-state index in [9.17, 15) is 39.6 Å². The minimum absolute atomic E-state index is 0.0105. The Bertz CT molecular complexity index is 1320. The van der Waals surface area contributed by atoms with Gasteiger partial charge in [-0.15, -0.1) is 0 Å². The number of anilines is 1. The third kappa shape index (κ3) is 6.83. The number of halogens is 6. The number of ether oxygens (including phenoxy) is 1. The van der Waals surface area contributed by atoms with Crippen molar-refractivity contribution in [1.82, 2.24) is 19.8 Å². The fraction of sp³-hybridized carbons (Fsp3) is 0.542. The maximum atomic E-state index is 13.9. The van der Waals surface area contributed by atoms with E-state index in [1.54, 1.807) is 0 Å². The van der Waals surface area contributed by atoms with Crippen LogP contribution < -0.4 is 15.1 Å². The van der Waals surface area contributed by atoms with Gasteiger partial charge >= 0.3 is 12.4 Å². The number of hydrogen-bond donors (Lipinski definition) is 2. The van der Waals surface area contributed by atoms with Crippen LogP contribution in [0.3, 0.4) is 0 Å². The Kier molecular flexibility index (Phi) is 8.71. The van der Waals surface area contributed by atoms with Crippen molar-refractivity contribution in [2.24, 2.45) is 0 Å². The molecule has 0 radical (unpaired) electrons. The lowest BCUT2D eigenvalue weighted by Gasteiger charge is -2.44. The molecule has 1 amide bonds. The van der Waals surface area contributed by atoms with Gasteiger partial charge in [0.05, 0.1) is 10.3 Å². The standard InChI is InChI=1S/C24H27F6N5O5S/c25-23(26,27)16-1-3-17(4-2-16)40-18-6-11-35(12-7-18)41(38,39)22(15-20(36)33-37)8-13-34(14-9-22)21-31-10-5-19(32-21)24(28,29)30/h1-5,10,18,37H,6-9,11-15H2,(H,33,36). The monoisotopic (exact) mass is 611 g/mol. The molecule has 0 bridgehead atoms. The topological polar surface area (TPSA) is 125 Å². The van der Waals surface area contributed by atoms with Crippen LogP contribution in [0, 0.1) is 0 Å². The first-order valence-corrected chi connectivity index (χ1v) is 14.0. The Labute approximate surface area is 231 Å². The van der Waals surface area contributed by atoms with Crippen molar-refractivity contribution < 1.29 is 49.5 Å². The summed E-state index contributed by atoms with van der Waals surface area (Å²) in [7, 11) is -4.17. The summed E-state index contributed by atoms with van der Waals surface area (Å²) < 4.78 is 111. The molecule has 0 saturated carbocycles. The number of rotatable bonds is 7. The van der Waals surface area contributed by atoms with Gasteiger partial charge in [0.15, 0.2) is 0 Å². The van der Waals surface area contributed by atoms with Crippen molar-refractivity contribution in [3.8, 4) is 5.75 Å². The molecule has 4 rings (SSSR count). The maximum absolute atomic E-state index is 13.9. The lowest BCUT2D eigenvalue weighted by molar-refractivity contribution is -0.141. The number of hydrogen-bond acceptors (Lipinski definition) is 8. The highest BCUT2D eigenvalue weighted by Crippen LogP contribution is 2.39. The highest BCUT2D eigenvalue weighted by atomic mass is 32.2. The molecule has 226 valence electrons. The Morgan fingerprint density at radius 1 is 1.00 bits per heavy atom. The average molecular weight is 612 g/mol. The molecule has 0 spiro atoms. The number of amides is 1. The molecule has 0 aliphatic carbocycles. The summed E-state index contributed by atoms with van der Waals surface area (Å²) in [6, 6.07) is 4.88. The number of hydroxylamine groups is 1. The molecule has 3 heterocycles. The Hall–Kier alpha value is -3.18. The van der Waals surface area contributed by atoms with Crippen molar-refractivity contribution in [2.75, 3.05) is 31.1 Å². The summed E-state index contributed by atoms with van der Waals surface area (Å²) in [6.45, 7) is -0.105. The molecule has 10 nitrogen and oxygen atoms in total. The molecule has 2 aromatic rings. The van der Waals surface area contributed by atoms with Gasteiger partial charge in [0.1, 0.15) is 17.5 Å². The SMILES string of the molecule is O=C(CC1(S(=O)(=O)N2CCC(Oc3ccc(C(F)(F)F)cc3)CC2)CCN(c2nccc(C(F)(F)F)n2)CC1)NO. The van der Waals surface area contributed by atoms with E-state index in [0.29, 0.717) is 0 Å². The normalized spacial score (nSPS) is 19.1. The summed E-state index contributed by atoms with van der Waals surface area (Å²) in [6.07, 6.45) is -9.10. The fourth-order valence-corrected chi connectivity index (χ4v) is 7.26. The Morgan fingerprint density at radius 2 is 1.61 bits per heavy atom. The van der Waals surface area contributed by atoms with Gasteiger partial charge in [-0.1, -0.05) is 0 Å². The second-order valence-corrected chi connectivity index (χ2v) is 12.2. The molecule has 17 heteroatoms. The van der Waals surface area contributed by atoms with Crippen LogP contribution in [0.25, 0.3) is 0 Å². The van der Waals surface area contributed by atoms with Crippen LogP contribution in [0.15, 0.2) is 36.5 Å². The van der Waals surface area contributed by atoms with Crippen molar-refractivity contribution in [3.05, 3.63) is 47.8 Å². The van der Waals surface area contributed by atoms with E-state index in [4.69, 9.17) is 9.94 Å². The number of nitrogens with zero attached hydrogens (tertiary/aromatic N) is 4. The predicted molar refractivity (Wildman–Crippen MR) is 131 cm³/mol. The molecular weight excluding hydrogens is 584 g/mol. The zero-order valence-electron chi connectivity index (χ0n) is 21.5. The van der Waals surface area contributed by atoms with Gasteiger partial charge in [-0.25, -0.2) is 28.2 Å². The number of nitrogens with one attached hydrogen (secondary N) is 1. The number of carbonyl (C=O) groups is 1. The van der Waals surface area contributed by atoms with Gasteiger partial charge in [-0.3, -0.25) is 10.0 Å². The first-order chi connectivity index (χ1) is 19.1. The van der Waals surface area contributed by atoms with Gasteiger partial charge in [0, 0.05) is 38.8 Å². The van der Waals surface area contributed by atoms with Gasteiger partial charge in [-0.05, 0) is 56.0 Å². The number of sulfonamides is 1. The summed E-state index contributed by atoms with van der Waals surface area (Å²) >= 11 is 0. The van der Waals surface area contributed by atoms with E-state index in [-0.39, 0.29) is 63.6 Å². The molecule has 2 aliphatic rings. The summed E-state index contributed by atoms with van der Waals surface area (Å²) in [5.41, 5.74) is -0.520. The smallest absolute Gasteiger partial charge is 0.433 e. The lowest BCUT2D eigenvalue weighted by Crippen LogP contribution is -2.57. The van der Waals surface area contributed by atoms with Crippen LogP contribution in [-0.4, -0.2) is 70.8 Å². The highest BCUT2D eigenvalue weighted by molar-refractivity contribution is 7.90. The van der Waals surface area contributed by atoms with E-state index >= 15 is 0 Å². The minimum Gasteiger partial charge on any atom is -0.490 e. The van der Waals surface area contributed by atoms with Crippen molar-refractivity contribution in [3.63, 3.8) is 0 Å². The molecule has 2 aliphatic heterocycles. The molecule has 1 aromatic carbocycles. The molecule has 41 heavy (non-hydrogen) atoms. The first kappa shape index (κ1) is 30.8. The van der Waals surface area contributed by atoms with Crippen LogP contribution in [0.2, 0.25) is 0 Å². The second-order valence-electron chi connectivity index (χ2n) is 9.86. The second kappa shape index (κ2) is 11.6. The highest BCUT2D eigenvalue weighted by Gasteiger charge is 2.51. The third-order valence-electron chi connectivity index (χ3n) is 7.27. The quantitative estimate of drug-likeness (QED) is 0.277. The van der Waals surface area contributed by atoms with Crippen LogP contribution in [0.1, 0.15) is 43.4 Å². The number of aromatic nitrogens is 2. The van der Waals surface area contributed by atoms with Crippen molar-refractivity contribution in [1.29, 1.82) is 0 Å². The number of piperidine rings is 2. The van der Waals surface area contributed by atoms with E-state index in [2.05, 4.69) is 9.97 Å². The largest absolute Gasteiger partial charge is 0.490 e. The number of alkyl halides is 6. The van der Waals surface area contributed by atoms with Crippen LogP contribution in [-0.2, 0) is 27.2 Å². The summed E-state index contributed by atoms with van der Waals surface area (Å²) in [5, 5.41) is 9.11. The molecule has 0 unspecified atom stereocenters. The van der Waals surface area contributed by atoms with Crippen molar-refractivity contribution in [2.45, 2.75) is 55.3 Å². The zero-order valence-corrected chi connectivity index (χ0v) is 22.3. The fourth-order valence-electron chi connectivity index (χ4n) is 5.01. The first-order valence-electron chi connectivity index (χ1n) is 12.6. The van der Waals surface area contributed by atoms with Crippen LogP contribution >= 0.6 is 0 Å². The van der Waals surface area contributed by atoms with Crippen LogP contribution in [0.4, 0.5) is 32.3 Å². The maximum Gasteiger partial charge on any atom is 0.433 e. The summed E-state index contributed by atoms with van der Waals surface area (Å²) in [5.74, 6) is -0.948. The number of carbonyl (C=O) groups excluding carboxylic acids is 1. The predicted octanol–water partition coefficient (Wildman–Crippen LogP) is 3.62. The molecular formula is C24H27F6N5O5S. The van der Waals surface area contributed by atoms with E-state index < -0.39 is 56.8 Å². The Morgan fingerprint density at radius 3 is 2.15 bits per heavy atom. The van der Waals surface area contributed by atoms with Gasteiger partial charge in [0.2, 0.25) is 21.9 Å². The van der Waals surface area contributed by atoms with E-state index in [1.165, 1.54) is 26.8 Å². The van der Waals surface area contributed by atoms with Crippen LogP contribution in [0.5, 0.6) is 5.75 Å². The average Bonchev–Trinajstić information content (AvgIpc) is 2.93. The Balaban J connectivity index is 1.44.